The second kappa shape index (κ2) is 2.97. The van der Waals surface area contributed by atoms with Crippen molar-refractivity contribution in [3.8, 4) is 5.69 Å². The quantitative estimate of drug-likeness (QED) is 0.492. The third-order valence-corrected chi connectivity index (χ3v) is 3.65. The van der Waals surface area contributed by atoms with Crippen LogP contribution in [0.25, 0.3) is 16.9 Å². The highest BCUT2D eigenvalue weighted by Crippen LogP contribution is 2.33. The fourth-order valence-corrected chi connectivity index (χ4v) is 2.71. The highest BCUT2D eigenvalue weighted by Gasteiger charge is 2.26. The summed E-state index contributed by atoms with van der Waals surface area (Å²) in [5, 5.41) is 0.644. The van der Waals surface area contributed by atoms with Gasteiger partial charge < -0.3 is 0 Å². The second-order valence-corrected chi connectivity index (χ2v) is 4.60. The number of nitrogens with one attached hydrogen (secondary N) is 2. The van der Waals surface area contributed by atoms with E-state index in [0.717, 1.165) is 11.3 Å². The van der Waals surface area contributed by atoms with Gasteiger partial charge in [-0.1, -0.05) is 23.7 Å². The lowest BCUT2D eigenvalue weighted by atomic mass is 10.1. The van der Waals surface area contributed by atoms with E-state index in [1.54, 1.807) is 4.68 Å². The Morgan fingerprint density at radius 3 is 2.89 bits per heavy atom. The molecule has 1 aliphatic heterocycles. The summed E-state index contributed by atoms with van der Waals surface area (Å²) in [5.74, 6) is 0. The summed E-state index contributed by atoms with van der Waals surface area (Å²) in [6.45, 7) is 0.541. The fraction of sp³-hybridized carbons (Fsp3) is 0.0909. The average molecular weight is 263 g/mol. The zero-order valence-corrected chi connectivity index (χ0v) is 9.78. The van der Waals surface area contributed by atoms with Gasteiger partial charge in [0.15, 0.2) is 11.2 Å². The van der Waals surface area contributed by atoms with Crippen LogP contribution in [0.15, 0.2) is 27.8 Å². The third kappa shape index (κ3) is 0.988. The summed E-state index contributed by atoms with van der Waals surface area (Å²) in [4.78, 5) is 27.9. The Labute approximate surface area is 104 Å². The SMILES string of the molecule is O=c1[nH]c(=O)c2c([nH]1)n1n2-c2cccc(c2Cl)C1. The number of halogens is 1. The van der Waals surface area contributed by atoms with Crippen molar-refractivity contribution in [2.24, 2.45) is 0 Å². The molecule has 3 aromatic rings. The smallest absolute Gasteiger partial charge is 0.290 e. The van der Waals surface area contributed by atoms with Crippen molar-refractivity contribution in [1.29, 1.82) is 0 Å². The molecule has 2 bridgehead atoms. The number of hydrogen-bond donors (Lipinski definition) is 2. The Balaban J connectivity index is 2.20. The predicted molar refractivity (Wildman–Crippen MR) is 66.6 cm³/mol. The minimum atomic E-state index is -0.501. The van der Waals surface area contributed by atoms with Crippen LogP contribution < -0.4 is 11.2 Å². The van der Waals surface area contributed by atoms with Gasteiger partial charge in [-0.15, -0.1) is 0 Å². The Morgan fingerprint density at radius 1 is 1.22 bits per heavy atom. The zero-order valence-electron chi connectivity index (χ0n) is 9.03. The number of hydrogen-bond acceptors (Lipinski definition) is 2. The van der Waals surface area contributed by atoms with Gasteiger partial charge in [0.05, 0.1) is 17.3 Å². The van der Waals surface area contributed by atoms with Crippen LogP contribution in [0.2, 0.25) is 5.02 Å². The average Bonchev–Trinajstić information content (AvgIpc) is 2.29. The van der Waals surface area contributed by atoms with Gasteiger partial charge in [-0.3, -0.25) is 19.4 Å². The van der Waals surface area contributed by atoms with E-state index >= 15 is 0 Å². The second-order valence-electron chi connectivity index (χ2n) is 4.23. The molecule has 0 spiro atoms. The molecule has 90 valence electrons. The third-order valence-electron chi connectivity index (χ3n) is 3.22. The number of benzene rings is 1. The van der Waals surface area contributed by atoms with Gasteiger partial charge in [0.2, 0.25) is 0 Å². The van der Waals surface area contributed by atoms with E-state index in [4.69, 9.17) is 11.6 Å². The molecule has 0 unspecified atom stereocenters. The summed E-state index contributed by atoms with van der Waals surface area (Å²) in [6, 6.07) is 5.66. The maximum Gasteiger partial charge on any atom is 0.327 e. The summed E-state index contributed by atoms with van der Waals surface area (Å²) in [5.41, 5.74) is 1.77. The van der Waals surface area contributed by atoms with Crippen LogP contribution in [0.4, 0.5) is 0 Å². The molecule has 0 atom stereocenters. The van der Waals surface area contributed by atoms with Gasteiger partial charge in [-0.2, -0.15) is 0 Å². The summed E-state index contributed by atoms with van der Waals surface area (Å²) in [7, 11) is 0. The van der Waals surface area contributed by atoms with Gasteiger partial charge in [-0.05, 0) is 11.6 Å². The predicted octanol–water partition coefficient (Wildman–Crippen LogP) is 0.824. The zero-order chi connectivity index (χ0) is 12.4. The van der Waals surface area contributed by atoms with Crippen LogP contribution in [-0.2, 0) is 6.54 Å². The van der Waals surface area contributed by atoms with Crippen molar-refractivity contribution in [2.75, 3.05) is 0 Å². The van der Waals surface area contributed by atoms with Crippen molar-refractivity contribution in [3.63, 3.8) is 0 Å². The number of aromatic nitrogens is 4. The highest BCUT2D eigenvalue weighted by molar-refractivity contribution is 6.33. The van der Waals surface area contributed by atoms with Crippen LogP contribution in [0, 0.1) is 0 Å². The molecule has 6 nitrogen and oxygen atoms in total. The first kappa shape index (κ1) is 9.78. The fourth-order valence-electron chi connectivity index (χ4n) is 2.44. The lowest BCUT2D eigenvalue weighted by Gasteiger charge is -2.30. The molecule has 3 heterocycles. The molecule has 4 rings (SSSR count). The maximum absolute atomic E-state index is 11.8. The largest absolute Gasteiger partial charge is 0.327 e. The summed E-state index contributed by atoms with van der Waals surface area (Å²) < 4.78 is 3.54. The lowest BCUT2D eigenvalue weighted by Crippen LogP contribution is -2.36. The highest BCUT2D eigenvalue weighted by atomic mass is 35.5. The van der Waals surface area contributed by atoms with Crippen molar-refractivity contribution < 1.29 is 0 Å². The Hall–Kier alpha value is -2.21. The van der Waals surface area contributed by atoms with Crippen molar-refractivity contribution in [2.45, 2.75) is 6.54 Å². The molecule has 2 aromatic heterocycles. The number of H-pyrrole nitrogens is 2. The molecule has 0 saturated carbocycles. The lowest BCUT2D eigenvalue weighted by molar-refractivity contribution is 0.568. The molecule has 1 aromatic carbocycles. The summed E-state index contributed by atoms with van der Waals surface area (Å²) >= 11 is 6.24. The number of nitrogens with zero attached hydrogens (tertiary/aromatic N) is 2. The molecule has 0 amide bonds. The molecule has 18 heavy (non-hydrogen) atoms. The van der Waals surface area contributed by atoms with E-state index < -0.39 is 11.2 Å². The van der Waals surface area contributed by atoms with Crippen LogP contribution in [0.5, 0.6) is 0 Å². The van der Waals surface area contributed by atoms with Gasteiger partial charge in [0.1, 0.15) is 0 Å². The van der Waals surface area contributed by atoms with Crippen LogP contribution >= 0.6 is 11.6 Å². The van der Waals surface area contributed by atoms with E-state index in [1.165, 1.54) is 0 Å². The monoisotopic (exact) mass is 262 g/mol. The van der Waals surface area contributed by atoms with Gasteiger partial charge in [-0.25, -0.2) is 9.48 Å². The standard InChI is InChI=1S/C11H7ClN4O2/c12-7-5-2-1-3-6(7)16-8-9(15(16)4-5)13-11(18)14-10(8)17/h1-3H,4H2,(H2,13,14,17,18). The van der Waals surface area contributed by atoms with Gasteiger partial charge >= 0.3 is 5.69 Å². The van der Waals surface area contributed by atoms with Crippen LogP contribution in [-0.4, -0.2) is 19.3 Å². The summed E-state index contributed by atoms with van der Waals surface area (Å²) in [6.07, 6.45) is 0. The maximum atomic E-state index is 11.8. The number of fused-ring (bicyclic) bond motifs is 7. The topological polar surface area (TPSA) is 75.6 Å². The molecule has 0 aliphatic carbocycles. The Bertz CT molecular complexity index is 911. The normalized spacial score (nSPS) is 12.9. The first-order chi connectivity index (χ1) is 8.66. The molecule has 0 saturated heterocycles. The molecule has 0 fully saturated rings. The molecular formula is C11H7ClN4O2. The van der Waals surface area contributed by atoms with E-state index in [1.807, 2.05) is 22.9 Å². The van der Waals surface area contributed by atoms with Gasteiger partial charge in [0.25, 0.3) is 5.56 Å². The number of rotatable bonds is 0. The van der Waals surface area contributed by atoms with Crippen LogP contribution in [0.1, 0.15) is 5.56 Å². The van der Waals surface area contributed by atoms with E-state index in [9.17, 15) is 9.59 Å². The van der Waals surface area contributed by atoms with Gasteiger partial charge in [0, 0.05) is 0 Å². The number of aromatic amines is 2. The molecular weight excluding hydrogens is 256 g/mol. The Kier molecular flexibility index (Phi) is 1.61. The minimum Gasteiger partial charge on any atom is -0.290 e. The van der Waals surface area contributed by atoms with E-state index in [2.05, 4.69) is 9.97 Å². The van der Waals surface area contributed by atoms with Crippen molar-refractivity contribution in [1.82, 2.24) is 19.3 Å². The van der Waals surface area contributed by atoms with E-state index in [-0.39, 0.29) is 0 Å². The first-order valence-corrected chi connectivity index (χ1v) is 5.76. The molecule has 0 radical (unpaired) electrons. The van der Waals surface area contributed by atoms with E-state index in [0.29, 0.717) is 22.7 Å². The van der Waals surface area contributed by atoms with Crippen molar-refractivity contribution >= 4 is 22.8 Å². The molecule has 2 N–H and O–H groups in total. The van der Waals surface area contributed by atoms with Crippen molar-refractivity contribution in [3.05, 3.63) is 49.6 Å². The molecule has 1 aliphatic rings. The first-order valence-electron chi connectivity index (χ1n) is 5.38. The van der Waals surface area contributed by atoms with Crippen LogP contribution in [0.3, 0.4) is 0 Å². The molecule has 7 heteroatoms. The Morgan fingerprint density at radius 2 is 2.06 bits per heavy atom. The minimum absolute atomic E-state index is 0.409.